The molecule has 6 heteroatoms. The van der Waals surface area contributed by atoms with E-state index in [-0.39, 0.29) is 6.03 Å². The molecule has 2 amide bonds. The number of benzene rings is 1. The van der Waals surface area contributed by atoms with Gasteiger partial charge in [0.05, 0.1) is 6.61 Å². The summed E-state index contributed by atoms with van der Waals surface area (Å²) in [5, 5.41) is 7.92. The molecule has 1 aromatic heterocycles. The van der Waals surface area contributed by atoms with Crippen LogP contribution in [0.2, 0.25) is 0 Å². The van der Waals surface area contributed by atoms with Crippen molar-refractivity contribution >= 4 is 23.1 Å². The second kappa shape index (κ2) is 8.17. The first kappa shape index (κ1) is 16.8. The molecular formula is C18H23N3O2S. The molecule has 0 fully saturated rings. The summed E-state index contributed by atoms with van der Waals surface area (Å²) in [7, 11) is 0. The number of amides is 2. The van der Waals surface area contributed by atoms with Gasteiger partial charge in [-0.1, -0.05) is 0 Å². The Kier molecular flexibility index (Phi) is 5.72. The minimum absolute atomic E-state index is 0.174. The standard InChI is InChI=1S/C18H23N3O2S/c1-2-23-16-5-3-15(4-6-16)20-18(22)19-9-11-21-10-7-17-14(13-21)8-12-24-17/h3-6,8,12H,2,7,9-11,13H2,1H3,(H2,19,20,22). The number of carbonyl (C=O) groups excluding carboxylic acids is 1. The number of carbonyl (C=O) groups is 1. The number of rotatable bonds is 6. The number of urea groups is 1. The molecule has 0 spiro atoms. The Hall–Kier alpha value is -2.05. The van der Waals surface area contributed by atoms with Gasteiger partial charge in [0.1, 0.15) is 5.75 Å². The molecule has 24 heavy (non-hydrogen) atoms. The Morgan fingerprint density at radius 3 is 2.92 bits per heavy atom. The van der Waals surface area contributed by atoms with Gasteiger partial charge in [0.15, 0.2) is 0 Å². The largest absolute Gasteiger partial charge is 0.494 e. The number of anilines is 1. The zero-order valence-corrected chi connectivity index (χ0v) is 14.7. The number of thiophene rings is 1. The molecule has 0 saturated carbocycles. The van der Waals surface area contributed by atoms with Crippen molar-refractivity contribution in [2.75, 3.05) is 31.6 Å². The molecule has 1 aromatic carbocycles. The van der Waals surface area contributed by atoms with Gasteiger partial charge < -0.3 is 15.4 Å². The third-order valence-corrected chi connectivity index (χ3v) is 5.05. The van der Waals surface area contributed by atoms with E-state index in [4.69, 9.17) is 4.74 Å². The Bertz CT molecular complexity index is 669. The van der Waals surface area contributed by atoms with E-state index in [1.165, 1.54) is 10.4 Å². The summed E-state index contributed by atoms with van der Waals surface area (Å²) < 4.78 is 5.38. The van der Waals surface area contributed by atoms with Gasteiger partial charge in [-0.25, -0.2) is 4.79 Å². The van der Waals surface area contributed by atoms with E-state index in [0.717, 1.165) is 37.5 Å². The van der Waals surface area contributed by atoms with Gasteiger partial charge in [-0.15, -0.1) is 11.3 Å². The molecule has 2 heterocycles. The molecule has 0 bridgehead atoms. The number of nitrogens with one attached hydrogen (secondary N) is 2. The van der Waals surface area contributed by atoms with Crippen LogP contribution in [0.5, 0.6) is 5.75 Å². The molecule has 0 radical (unpaired) electrons. The summed E-state index contributed by atoms with van der Waals surface area (Å²) in [6.07, 6.45) is 1.12. The predicted molar refractivity (Wildman–Crippen MR) is 97.9 cm³/mol. The molecule has 0 saturated heterocycles. The maximum atomic E-state index is 12.0. The predicted octanol–water partition coefficient (Wildman–Crippen LogP) is 3.33. The molecule has 1 aliphatic rings. The van der Waals surface area contributed by atoms with Crippen LogP contribution in [0.15, 0.2) is 35.7 Å². The maximum Gasteiger partial charge on any atom is 0.319 e. The van der Waals surface area contributed by atoms with Crippen molar-refractivity contribution in [2.45, 2.75) is 19.9 Å². The van der Waals surface area contributed by atoms with Gasteiger partial charge >= 0.3 is 6.03 Å². The first-order valence-electron chi connectivity index (χ1n) is 8.30. The van der Waals surface area contributed by atoms with Crippen molar-refractivity contribution in [3.05, 3.63) is 46.2 Å². The average molecular weight is 345 g/mol. The molecule has 5 nitrogen and oxygen atoms in total. The van der Waals surface area contributed by atoms with Crippen molar-refractivity contribution in [2.24, 2.45) is 0 Å². The molecule has 0 unspecified atom stereocenters. The fourth-order valence-electron chi connectivity index (χ4n) is 2.80. The van der Waals surface area contributed by atoms with Crippen LogP contribution in [0, 0.1) is 0 Å². The fraction of sp³-hybridized carbons (Fsp3) is 0.389. The van der Waals surface area contributed by atoms with Crippen LogP contribution in [0.25, 0.3) is 0 Å². The minimum atomic E-state index is -0.174. The molecule has 128 valence electrons. The van der Waals surface area contributed by atoms with Crippen LogP contribution >= 0.6 is 11.3 Å². The number of ether oxygens (including phenoxy) is 1. The van der Waals surface area contributed by atoms with E-state index >= 15 is 0 Å². The molecular weight excluding hydrogens is 322 g/mol. The Morgan fingerprint density at radius 1 is 1.29 bits per heavy atom. The highest BCUT2D eigenvalue weighted by molar-refractivity contribution is 7.10. The van der Waals surface area contributed by atoms with Gasteiger partial charge in [-0.3, -0.25) is 4.90 Å². The van der Waals surface area contributed by atoms with Gasteiger partial charge in [0.25, 0.3) is 0 Å². The molecule has 2 aromatic rings. The smallest absolute Gasteiger partial charge is 0.319 e. The second-order valence-corrected chi connectivity index (χ2v) is 6.73. The van der Waals surface area contributed by atoms with E-state index < -0.39 is 0 Å². The monoisotopic (exact) mass is 345 g/mol. The topological polar surface area (TPSA) is 53.6 Å². The molecule has 1 aliphatic heterocycles. The third kappa shape index (κ3) is 4.49. The number of hydrogen-bond acceptors (Lipinski definition) is 4. The fourth-order valence-corrected chi connectivity index (χ4v) is 3.69. The maximum absolute atomic E-state index is 12.0. The second-order valence-electron chi connectivity index (χ2n) is 5.73. The number of nitrogens with zero attached hydrogens (tertiary/aromatic N) is 1. The van der Waals surface area contributed by atoms with Crippen LogP contribution in [0.3, 0.4) is 0 Å². The summed E-state index contributed by atoms with van der Waals surface area (Å²) in [4.78, 5) is 15.8. The van der Waals surface area contributed by atoms with Crippen molar-refractivity contribution in [1.82, 2.24) is 10.2 Å². The first-order chi connectivity index (χ1) is 11.7. The highest BCUT2D eigenvalue weighted by atomic mass is 32.1. The summed E-state index contributed by atoms with van der Waals surface area (Å²) in [5.41, 5.74) is 2.20. The van der Waals surface area contributed by atoms with E-state index in [1.54, 1.807) is 0 Å². The van der Waals surface area contributed by atoms with Gasteiger partial charge in [0, 0.05) is 36.7 Å². The summed E-state index contributed by atoms with van der Waals surface area (Å²) in [6, 6.07) is 9.42. The molecule has 0 aliphatic carbocycles. The van der Waals surface area contributed by atoms with Gasteiger partial charge in [0.2, 0.25) is 0 Å². The lowest BCUT2D eigenvalue weighted by Gasteiger charge is -2.26. The van der Waals surface area contributed by atoms with Crippen LogP contribution in [0.4, 0.5) is 10.5 Å². The highest BCUT2D eigenvalue weighted by Crippen LogP contribution is 2.23. The minimum Gasteiger partial charge on any atom is -0.494 e. The zero-order valence-electron chi connectivity index (χ0n) is 13.9. The first-order valence-corrected chi connectivity index (χ1v) is 9.18. The van der Waals surface area contributed by atoms with Crippen molar-refractivity contribution in [3.63, 3.8) is 0 Å². The quantitative estimate of drug-likeness (QED) is 0.844. The van der Waals surface area contributed by atoms with Crippen LogP contribution < -0.4 is 15.4 Å². The Morgan fingerprint density at radius 2 is 2.12 bits per heavy atom. The Balaban J connectivity index is 1.38. The molecule has 2 N–H and O–H groups in total. The molecule has 0 atom stereocenters. The summed E-state index contributed by atoms with van der Waals surface area (Å²) >= 11 is 1.85. The van der Waals surface area contributed by atoms with E-state index in [0.29, 0.717) is 13.2 Å². The third-order valence-electron chi connectivity index (χ3n) is 4.02. The lowest BCUT2D eigenvalue weighted by atomic mass is 10.1. The molecule has 3 rings (SSSR count). The lowest BCUT2D eigenvalue weighted by Crippen LogP contribution is -2.38. The Labute approximate surface area is 146 Å². The van der Waals surface area contributed by atoms with E-state index in [2.05, 4.69) is 27.0 Å². The zero-order chi connectivity index (χ0) is 16.8. The van der Waals surface area contributed by atoms with Gasteiger partial charge in [-0.05, 0) is 54.6 Å². The lowest BCUT2D eigenvalue weighted by molar-refractivity contribution is 0.239. The van der Waals surface area contributed by atoms with E-state index in [9.17, 15) is 4.79 Å². The van der Waals surface area contributed by atoms with Crippen LogP contribution in [0.1, 0.15) is 17.4 Å². The number of fused-ring (bicyclic) bond motifs is 1. The van der Waals surface area contributed by atoms with Crippen molar-refractivity contribution in [3.8, 4) is 5.75 Å². The normalized spacial score (nSPS) is 14.0. The summed E-state index contributed by atoms with van der Waals surface area (Å²) in [6.45, 7) is 6.14. The van der Waals surface area contributed by atoms with Crippen molar-refractivity contribution in [1.29, 1.82) is 0 Å². The van der Waals surface area contributed by atoms with Crippen LogP contribution in [-0.2, 0) is 13.0 Å². The van der Waals surface area contributed by atoms with E-state index in [1.807, 2.05) is 42.5 Å². The SMILES string of the molecule is CCOc1ccc(NC(=O)NCCN2CCc3sccc3C2)cc1. The van der Waals surface area contributed by atoms with Crippen LogP contribution in [-0.4, -0.2) is 37.2 Å². The highest BCUT2D eigenvalue weighted by Gasteiger charge is 2.16. The van der Waals surface area contributed by atoms with Gasteiger partial charge in [-0.2, -0.15) is 0 Å². The summed E-state index contributed by atoms with van der Waals surface area (Å²) in [5.74, 6) is 0.807. The van der Waals surface area contributed by atoms with Crippen molar-refractivity contribution < 1.29 is 9.53 Å². The average Bonchev–Trinajstić information content (AvgIpc) is 3.05. The number of hydrogen-bond donors (Lipinski definition) is 2.